The van der Waals surface area contributed by atoms with Gasteiger partial charge in [0.1, 0.15) is 5.75 Å². The van der Waals surface area contributed by atoms with Gasteiger partial charge in [-0.25, -0.2) is 0 Å². The number of carbonyl (C=O) groups is 2. The van der Waals surface area contributed by atoms with Gasteiger partial charge in [0.15, 0.2) is 5.78 Å². The Morgan fingerprint density at radius 2 is 2.00 bits per heavy atom. The summed E-state index contributed by atoms with van der Waals surface area (Å²) in [5.74, 6) is 0.290. The zero-order chi connectivity index (χ0) is 16.0. The van der Waals surface area contributed by atoms with Gasteiger partial charge in [-0.1, -0.05) is 25.4 Å². The van der Waals surface area contributed by atoms with E-state index in [4.69, 9.17) is 22.1 Å². The van der Waals surface area contributed by atoms with Crippen LogP contribution in [-0.2, 0) is 4.79 Å². The van der Waals surface area contributed by atoms with Gasteiger partial charge >= 0.3 is 0 Å². The van der Waals surface area contributed by atoms with E-state index in [2.05, 4.69) is 0 Å². The second-order valence-corrected chi connectivity index (χ2v) is 5.71. The third-order valence-electron chi connectivity index (χ3n) is 2.84. The number of rotatable bonds is 8. The summed E-state index contributed by atoms with van der Waals surface area (Å²) < 4.78 is 5.05. The van der Waals surface area contributed by atoms with Crippen molar-refractivity contribution in [3.63, 3.8) is 0 Å². The van der Waals surface area contributed by atoms with E-state index in [-0.39, 0.29) is 18.9 Å². The van der Waals surface area contributed by atoms with E-state index < -0.39 is 5.91 Å². The highest BCUT2D eigenvalue weighted by Gasteiger charge is 2.16. The highest BCUT2D eigenvalue weighted by Crippen LogP contribution is 2.25. The minimum atomic E-state index is -0.448. The summed E-state index contributed by atoms with van der Waals surface area (Å²) in [7, 11) is 1.51. The molecule has 0 heterocycles. The van der Waals surface area contributed by atoms with Crippen LogP contribution in [-0.4, -0.2) is 43.3 Å². The molecule has 0 fully saturated rings. The van der Waals surface area contributed by atoms with Crippen molar-refractivity contribution in [2.24, 2.45) is 11.7 Å². The Labute approximate surface area is 130 Å². The lowest BCUT2D eigenvalue weighted by molar-refractivity contribution is -0.119. The number of amides is 1. The second-order valence-electron chi connectivity index (χ2n) is 5.30. The Hall–Kier alpha value is -1.59. The summed E-state index contributed by atoms with van der Waals surface area (Å²) in [4.78, 5) is 25.1. The average Bonchev–Trinajstić information content (AvgIpc) is 2.36. The van der Waals surface area contributed by atoms with Crippen LogP contribution in [0.3, 0.4) is 0 Å². The van der Waals surface area contributed by atoms with Gasteiger partial charge in [0.2, 0.25) is 5.91 Å². The zero-order valence-electron chi connectivity index (χ0n) is 12.6. The standard InChI is InChI=1S/C15H21ClN2O3/c1-10(2)7-18(9-15(17)20)8-13(19)11-4-5-14(21-3)12(16)6-11/h4-6,10H,7-9H2,1-3H3,(H2,17,20). The number of halogens is 1. The fourth-order valence-corrected chi connectivity index (χ4v) is 2.31. The quantitative estimate of drug-likeness (QED) is 0.745. The second kappa shape index (κ2) is 8.00. The third kappa shape index (κ3) is 5.73. The van der Waals surface area contributed by atoms with E-state index in [0.717, 1.165) is 0 Å². The molecule has 0 saturated carbocycles. The molecule has 21 heavy (non-hydrogen) atoms. The Bertz CT molecular complexity index is 518. The molecule has 0 aliphatic carbocycles. The van der Waals surface area contributed by atoms with Crippen molar-refractivity contribution >= 4 is 23.3 Å². The molecule has 5 nitrogen and oxygen atoms in total. The number of ketones is 1. The van der Waals surface area contributed by atoms with Crippen molar-refractivity contribution in [3.8, 4) is 5.75 Å². The van der Waals surface area contributed by atoms with Crippen LogP contribution in [0.25, 0.3) is 0 Å². The van der Waals surface area contributed by atoms with Crippen LogP contribution < -0.4 is 10.5 Å². The lowest BCUT2D eigenvalue weighted by Gasteiger charge is -2.22. The lowest BCUT2D eigenvalue weighted by Crippen LogP contribution is -2.39. The molecule has 116 valence electrons. The SMILES string of the molecule is COc1ccc(C(=O)CN(CC(N)=O)CC(C)C)cc1Cl. The molecule has 0 aromatic heterocycles. The molecule has 0 spiro atoms. The molecular weight excluding hydrogens is 292 g/mol. The highest BCUT2D eigenvalue weighted by molar-refractivity contribution is 6.32. The fourth-order valence-electron chi connectivity index (χ4n) is 2.06. The van der Waals surface area contributed by atoms with E-state index in [1.165, 1.54) is 7.11 Å². The van der Waals surface area contributed by atoms with Crippen molar-refractivity contribution in [1.82, 2.24) is 4.90 Å². The predicted molar refractivity (Wildman–Crippen MR) is 82.8 cm³/mol. The van der Waals surface area contributed by atoms with Gasteiger partial charge < -0.3 is 10.5 Å². The van der Waals surface area contributed by atoms with Crippen molar-refractivity contribution in [2.45, 2.75) is 13.8 Å². The van der Waals surface area contributed by atoms with Crippen LogP contribution in [0.5, 0.6) is 5.75 Å². The Morgan fingerprint density at radius 1 is 1.33 bits per heavy atom. The number of hydrogen-bond acceptors (Lipinski definition) is 4. The van der Waals surface area contributed by atoms with Crippen molar-refractivity contribution in [3.05, 3.63) is 28.8 Å². The largest absolute Gasteiger partial charge is 0.495 e. The van der Waals surface area contributed by atoms with E-state index in [0.29, 0.717) is 28.8 Å². The summed E-state index contributed by atoms with van der Waals surface area (Å²) in [6.07, 6.45) is 0. The zero-order valence-corrected chi connectivity index (χ0v) is 13.3. The Morgan fingerprint density at radius 3 is 2.48 bits per heavy atom. The monoisotopic (exact) mass is 312 g/mol. The summed E-state index contributed by atoms with van der Waals surface area (Å²) in [5, 5.41) is 0.383. The number of Topliss-reactive ketones (excluding diaryl/α,β-unsaturated/α-hetero) is 1. The fraction of sp³-hybridized carbons (Fsp3) is 0.467. The summed E-state index contributed by atoms with van der Waals surface area (Å²) in [5.41, 5.74) is 5.70. The van der Waals surface area contributed by atoms with E-state index >= 15 is 0 Å². The van der Waals surface area contributed by atoms with Gasteiger partial charge in [-0.3, -0.25) is 14.5 Å². The smallest absolute Gasteiger partial charge is 0.231 e. The number of primary amides is 1. The topological polar surface area (TPSA) is 72.6 Å². The molecule has 0 saturated heterocycles. The predicted octanol–water partition coefficient (Wildman–Crippen LogP) is 1.97. The van der Waals surface area contributed by atoms with E-state index in [1.807, 2.05) is 13.8 Å². The normalized spacial score (nSPS) is 11.0. The first-order chi connectivity index (χ1) is 9.83. The van der Waals surface area contributed by atoms with Gasteiger partial charge in [0.25, 0.3) is 0 Å². The molecule has 0 aliphatic heterocycles. The van der Waals surface area contributed by atoms with Crippen molar-refractivity contribution in [1.29, 1.82) is 0 Å². The van der Waals surface area contributed by atoms with Crippen molar-refractivity contribution < 1.29 is 14.3 Å². The van der Waals surface area contributed by atoms with Crippen molar-refractivity contribution in [2.75, 3.05) is 26.7 Å². The molecule has 6 heteroatoms. The highest BCUT2D eigenvalue weighted by atomic mass is 35.5. The van der Waals surface area contributed by atoms with E-state index in [1.54, 1.807) is 23.1 Å². The molecule has 1 aromatic carbocycles. The van der Waals surface area contributed by atoms with Crippen LogP contribution in [0.4, 0.5) is 0 Å². The lowest BCUT2D eigenvalue weighted by atomic mass is 10.1. The van der Waals surface area contributed by atoms with Crippen LogP contribution in [0.1, 0.15) is 24.2 Å². The maximum atomic E-state index is 12.3. The number of hydrogen-bond donors (Lipinski definition) is 1. The van der Waals surface area contributed by atoms with Gasteiger partial charge in [0, 0.05) is 12.1 Å². The maximum Gasteiger partial charge on any atom is 0.231 e. The molecular formula is C15H21ClN2O3. The first-order valence-corrected chi connectivity index (χ1v) is 7.08. The molecule has 1 aromatic rings. The molecule has 2 N–H and O–H groups in total. The van der Waals surface area contributed by atoms with E-state index in [9.17, 15) is 9.59 Å². The Kier molecular flexibility index (Phi) is 6.65. The number of nitrogens with zero attached hydrogens (tertiary/aromatic N) is 1. The minimum absolute atomic E-state index is 0.0633. The number of ether oxygens (including phenoxy) is 1. The minimum Gasteiger partial charge on any atom is -0.495 e. The number of methoxy groups -OCH3 is 1. The first-order valence-electron chi connectivity index (χ1n) is 6.71. The van der Waals surface area contributed by atoms with Crippen LogP contribution >= 0.6 is 11.6 Å². The summed E-state index contributed by atoms with van der Waals surface area (Å²) in [6.45, 7) is 4.85. The number of carbonyl (C=O) groups excluding carboxylic acids is 2. The molecule has 0 radical (unpaired) electrons. The summed E-state index contributed by atoms with van der Waals surface area (Å²) in [6, 6.07) is 4.88. The molecule has 1 rings (SSSR count). The number of benzene rings is 1. The van der Waals surface area contributed by atoms with Crippen LogP contribution in [0.15, 0.2) is 18.2 Å². The van der Waals surface area contributed by atoms with Gasteiger partial charge in [-0.15, -0.1) is 0 Å². The van der Waals surface area contributed by atoms with Crippen LogP contribution in [0.2, 0.25) is 5.02 Å². The average molecular weight is 313 g/mol. The molecule has 0 bridgehead atoms. The molecule has 0 aliphatic rings. The third-order valence-corrected chi connectivity index (χ3v) is 3.14. The van der Waals surface area contributed by atoms with Gasteiger partial charge in [0.05, 0.1) is 25.2 Å². The molecule has 0 atom stereocenters. The molecule has 1 amide bonds. The first kappa shape index (κ1) is 17.5. The summed E-state index contributed by atoms with van der Waals surface area (Å²) >= 11 is 6.01. The maximum absolute atomic E-state index is 12.3. The van der Waals surface area contributed by atoms with Crippen LogP contribution in [0, 0.1) is 5.92 Å². The number of nitrogens with two attached hydrogens (primary N) is 1. The Balaban J connectivity index is 2.80. The molecule has 0 unspecified atom stereocenters. The van der Waals surface area contributed by atoms with Gasteiger partial charge in [-0.2, -0.15) is 0 Å². The van der Waals surface area contributed by atoms with Gasteiger partial charge in [-0.05, 0) is 24.1 Å².